The molecule has 0 fully saturated rings. The zero-order chi connectivity index (χ0) is 11.0. The molecule has 0 bridgehead atoms. The van der Waals surface area contributed by atoms with Crippen LogP contribution in [0, 0.1) is 0 Å². The van der Waals surface area contributed by atoms with Gasteiger partial charge in [-0.15, -0.1) is 0 Å². The largest absolute Gasteiger partial charge is 0.231 e. The fourth-order valence-corrected chi connectivity index (χ4v) is 2.10. The summed E-state index contributed by atoms with van der Waals surface area (Å²) in [5.41, 5.74) is 0.651. The van der Waals surface area contributed by atoms with Crippen molar-refractivity contribution in [2.75, 3.05) is 0 Å². The van der Waals surface area contributed by atoms with Crippen LogP contribution in [0.1, 0.15) is 12.7 Å². The Bertz CT molecular complexity index is 526. The van der Waals surface area contributed by atoms with E-state index in [4.69, 9.17) is 34.8 Å². The van der Waals surface area contributed by atoms with Gasteiger partial charge in [0, 0.05) is 16.8 Å². The third-order valence-electron chi connectivity index (χ3n) is 2.03. The maximum atomic E-state index is 6.03. The SMILES string of the molecule is CCc1nc(Cl)c2cc(Cl)cc(Cl)c2n1. The third-order valence-corrected chi connectivity index (χ3v) is 2.83. The second-order valence-electron chi connectivity index (χ2n) is 3.07. The number of halogens is 3. The second kappa shape index (κ2) is 4.12. The van der Waals surface area contributed by atoms with Crippen LogP contribution in [0.5, 0.6) is 0 Å². The van der Waals surface area contributed by atoms with Gasteiger partial charge in [0.1, 0.15) is 11.0 Å². The van der Waals surface area contributed by atoms with E-state index in [0.717, 1.165) is 0 Å². The van der Waals surface area contributed by atoms with Crippen molar-refractivity contribution in [3.63, 3.8) is 0 Å². The molecule has 2 rings (SSSR count). The Kier molecular flexibility index (Phi) is 3.01. The molecule has 0 aliphatic carbocycles. The average molecular weight is 262 g/mol. The summed E-state index contributed by atoms with van der Waals surface area (Å²) in [7, 11) is 0. The summed E-state index contributed by atoms with van der Waals surface area (Å²) in [5, 5.41) is 2.10. The molecule has 0 spiro atoms. The van der Waals surface area contributed by atoms with Crippen molar-refractivity contribution in [2.24, 2.45) is 0 Å². The van der Waals surface area contributed by atoms with Crippen LogP contribution in [0.4, 0.5) is 0 Å². The second-order valence-corrected chi connectivity index (χ2v) is 4.27. The molecule has 0 radical (unpaired) electrons. The molecule has 0 unspecified atom stereocenters. The van der Waals surface area contributed by atoms with E-state index in [2.05, 4.69) is 9.97 Å². The molecule has 0 aliphatic heterocycles. The summed E-state index contributed by atoms with van der Waals surface area (Å²) in [4.78, 5) is 8.45. The Morgan fingerprint density at radius 3 is 2.53 bits per heavy atom. The molecule has 0 atom stereocenters. The van der Waals surface area contributed by atoms with E-state index in [1.807, 2.05) is 6.92 Å². The van der Waals surface area contributed by atoms with Gasteiger partial charge in [-0.05, 0) is 12.1 Å². The van der Waals surface area contributed by atoms with Crippen molar-refractivity contribution in [2.45, 2.75) is 13.3 Å². The van der Waals surface area contributed by atoms with Gasteiger partial charge in [0.05, 0.1) is 10.5 Å². The van der Waals surface area contributed by atoms with Gasteiger partial charge < -0.3 is 0 Å². The monoisotopic (exact) mass is 260 g/mol. The maximum absolute atomic E-state index is 6.03. The minimum atomic E-state index is 0.390. The number of hydrogen-bond acceptors (Lipinski definition) is 2. The molecule has 1 aromatic carbocycles. The lowest BCUT2D eigenvalue weighted by atomic mass is 10.2. The van der Waals surface area contributed by atoms with Crippen LogP contribution in [-0.2, 0) is 6.42 Å². The Hall–Kier alpha value is -0.570. The van der Waals surface area contributed by atoms with Crippen LogP contribution in [-0.4, -0.2) is 9.97 Å². The molecule has 15 heavy (non-hydrogen) atoms. The minimum Gasteiger partial charge on any atom is -0.231 e. The topological polar surface area (TPSA) is 25.8 Å². The smallest absolute Gasteiger partial charge is 0.140 e. The molecule has 1 aromatic heterocycles. The van der Waals surface area contributed by atoms with E-state index in [9.17, 15) is 0 Å². The molecule has 2 nitrogen and oxygen atoms in total. The third kappa shape index (κ3) is 2.03. The maximum Gasteiger partial charge on any atom is 0.140 e. The summed E-state index contributed by atoms with van der Waals surface area (Å²) in [5.74, 6) is 0.678. The zero-order valence-electron chi connectivity index (χ0n) is 7.89. The first-order valence-corrected chi connectivity index (χ1v) is 5.56. The highest BCUT2D eigenvalue weighted by atomic mass is 35.5. The first kappa shape index (κ1) is 10.9. The van der Waals surface area contributed by atoms with Crippen LogP contribution in [0.15, 0.2) is 12.1 Å². The van der Waals surface area contributed by atoms with Crippen LogP contribution in [0.2, 0.25) is 15.2 Å². The summed E-state index contributed by atoms with van der Waals surface area (Å²) < 4.78 is 0. The van der Waals surface area contributed by atoms with Crippen LogP contribution in [0.25, 0.3) is 10.9 Å². The first-order chi connectivity index (χ1) is 7.11. The number of hydrogen-bond donors (Lipinski definition) is 0. The van der Waals surface area contributed by atoms with E-state index in [0.29, 0.717) is 38.3 Å². The fourth-order valence-electron chi connectivity index (χ4n) is 1.32. The van der Waals surface area contributed by atoms with Crippen LogP contribution in [0.3, 0.4) is 0 Å². The highest BCUT2D eigenvalue weighted by Crippen LogP contribution is 2.30. The van der Waals surface area contributed by atoms with Gasteiger partial charge in [-0.3, -0.25) is 0 Å². The molecular weight excluding hydrogens is 254 g/mol. The van der Waals surface area contributed by atoms with E-state index >= 15 is 0 Å². The standard InChI is InChI=1S/C10H7Cl3N2/c1-2-8-14-9-6(10(13)15-8)3-5(11)4-7(9)12/h3-4H,2H2,1H3. The molecule has 0 saturated carbocycles. The van der Waals surface area contributed by atoms with Crippen molar-refractivity contribution >= 4 is 45.7 Å². The first-order valence-electron chi connectivity index (χ1n) is 4.43. The van der Waals surface area contributed by atoms with Crippen molar-refractivity contribution in [3.8, 4) is 0 Å². The highest BCUT2D eigenvalue weighted by molar-refractivity contribution is 6.40. The molecule has 0 saturated heterocycles. The zero-order valence-corrected chi connectivity index (χ0v) is 10.2. The van der Waals surface area contributed by atoms with Gasteiger partial charge in [0.15, 0.2) is 0 Å². The van der Waals surface area contributed by atoms with Gasteiger partial charge in [-0.25, -0.2) is 9.97 Å². The normalized spacial score (nSPS) is 10.9. The number of nitrogens with zero attached hydrogens (tertiary/aromatic N) is 2. The molecule has 2 aromatic rings. The number of aromatic nitrogens is 2. The molecule has 0 N–H and O–H groups in total. The number of aryl methyl sites for hydroxylation is 1. The van der Waals surface area contributed by atoms with E-state index in [1.54, 1.807) is 12.1 Å². The summed E-state index contributed by atoms with van der Waals surface area (Å²) in [6.45, 7) is 1.96. The molecular formula is C10H7Cl3N2. The van der Waals surface area contributed by atoms with Crippen molar-refractivity contribution in [3.05, 3.63) is 33.2 Å². The molecule has 5 heteroatoms. The summed E-state index contributed by atoms with van der Waals surface area (Å²) in [6, 6.07) is 3.36. The number of rotatable bonds is 1. The predicted octanol–water partition coefficient (Wildman–Crippen LogP) is 4.15. The number of benzene rings is 1. The summed E-state index contributed by atoms with van der Waals surface area (Å²) >= 11 is 17.9. The van der Waals surface area contributed by atoms with Gasteiger partial charge >= 0.3 is 0 Å². The molecule has 78 valence electrons. The Balaban J connectivity index is 2.85. The molecule has 0 amide bonds. The van der Waals surface area contributed by atoms with Gasteiger partial charge in [-0.2, -0.15) is 0 Å². The quantitative estimate of drug-likeness (QED) is 0.721. The van der Waals surface area contributed by atoms with E-state index in [1.165, 1.54) is 0 Å². The van der Waals surface area contributed by atoms with Gasteiger partial charge in [-0.1, -0.05) is 41.7 Å². The predicted molar refractivity (Wildman–Crippen MR) is 63.9 cm³/mol. The Morgan fingerprint density at radius 2 is 1.87 bits per heavy atom. The van der Waals surface area contributed by atoms with Gasteiger partial charge in [0.25, 0.3) is 0 Å². The average Bonchev–Trinajstić information content (AvgIpc) is 2.19. The van der Waals surface area contributed by atoms with Crippen molar-refractivity contribution < 1.29 is 0 Å². The van der Waals surface area contributed by atoms with Crippen LogP contribution >= 0.6 is 34.8 Å². The van der Waals surface area contributed by atoms with Gasteiger partial charge in [0.2, 0.25) is 0 Å². The van der Waals surface area contributed by atoms with E-state index < -0.39 is 0 Å². The van der Waals surface area contributed by atoms with Crippen LogP contribution < -0.4 is 0 Å². The number of fused-ring (bicyclic) bond motifs is 1. The fraction of sp³-hybridized carbons (Fsp3) is 0.200. The summed E-state index contributed by atoms with van der Waals surface area (Å²) in [6.07, 6.45) is 0.717. The van der Waals surface area contributed by atoms with Crippen molar-refractivity contribution in [1.82, 2.24) is 9.97 Å². The highest BCUT2D eigenvalue weighted by Gasteiger charge is 2.09. The molecule has 1 heterocycles. The lowest BCUT2D eigenvalue weighted by molar-refractivity contribution is 0.961. The lowest BCUT2D eigenvalue weighted by Crippen LogP contribution is -1.95. The molecule has 0 aliphatic rings. The minimum absolute atomic E-state index is 0.390. The lowest BCUT2D eigenvalue weighted by Gasteiger charge is -2.04. The van der Waals surface area contributed by atoms with E-state index in [-0.39, 0.29) is 0 Å². The van der Waals surface area contributed by atoms with Crippen molar-refractivity contribution in [1.29, 1.82) is 0 Å². The Labute approximate surface area is 102 Å². The Morgan fingerprint density at radius 1 is 1.13 bits per heavy atom.